The SMILES string of the molecule is Cc1cc(OCCBr)cc(=O)o1. The van der Waals surface area contributed by atoms with Gasteiger partial charge in [0.15, 0.2) is 0 Å². The third kappa shape index (κ3) is 2.70. The third-order valence-corrected chi connectivity index (χ3v) is 1.54. The van der Waals surface area contributed by atoms with E-state index < -0.39 is 0 Å². The first kappa shape index (κ1) is 9.32. The first-order chi connectivity index (χ1) is 5.72. The second-order valence-corrected chi connectivity index (χ2v) is 3.05. The van der Waals surface area contributed by atoms with E-state index in [0.717, 1.165) is 5.33 Å². The standard InChI is InChI=1S/C8H9BrO3/c1-6-4-7(11-3-2-9)5-8(10)12-6/h4-5H,2-3H2,1H3. The number of alkyl halides is 1. The Labute approximate surface area is 78.5 Å². The van der Waals surface area contributed by atoms with Crippen LogP contribution < -0.4 is 10.4 Å². The highest BCUT2D eigenvalue weighted by molar-refractivity contribution is 9.09. The summed E-state index contributed by atoms with van der Waals surface area (Å²) in [5.74, 6) is 1.12. The molecule has 66 valence electrons. The summed E-state index contributed by atoms with van der Waals surface area (Å²) in [6, 6.07) is 3.01. The Morgan fingerprint density at radius 2 is 2.33 bits per heavy atom. The monoisotopic (exact) mass is 232 g/mol. The smallest absolute Gasteiger partial charge is 0.339 e. The van der Waals surface area contributed by atoms with E-state index in [1.54, 1.807) is 13.0 Å². The molecule has 0 radical (unpaired) electrons. The van der Waals surface area contributed by atoms with Crippen molar-refractivity contribution in [2.24, 2.45) is 0 Å². The maximum absolute atomic E-state index is 10.8. The summed E-state index contributed by atoms with van der Waals surface area (Å²) in [7, 11) is 0. The van der Waals surface area contributed by atoms with E-state index in [1.807, 2.05) is 0 Å². The van der Waals surface area contributed by atoms with Crippen molar-refractivity contribution in [1.82, 2.24) is 0 Å². The number of hydrogen-bond donors (Lipinski definition) is 0. The van der Waals surface area contributed by atoms with Crippen LogP contribution in [0.25, 0.3) is 0 Å². The number of ether oxygens (including phenoxy) is 1. The summed E-state index contributed by atoms with van der Waals surface area (Å²) in [4.78, 5) is 10.8. The van der Waals surface area contributed by atoms with Crippen LogP contribution >= 0.6 is 15.9 Å². The van der Waals surface area contributed by atoms with Gasteiger partial charge in [-0.15, -0.1) is 0 Å². The van der Waals surface area contributed by atoms with Gasteiger partial charge in [0.1, 0.15) is 11.5 Å². The Hall–Kier alpha value is -0.770. The van der Waals surface area contributed by atoms with Gasteiger partial charge in [-0.3, -0.25) is 0 Å². The van der Waals surface area contributed by atoms with E-state index in [1.165, 1.54) is 6.07 Å². The lowest BCUT2D eigenvalue weighted by Crippen LogP contribution is -2.03. The zero-order chi connectivity index (χ0) is 8.97. The zero-order valence-corrected chi connectivity index (χ0v) is 8.26. The van der Waals surface area contributed by atoms with E-state index in [0.29, 0.717) is 18.1 Å². The van der Waals surface area contributed by atoms with Gasteiger partial charge in [0.05, 0.1) is 12.7 Å². The fourth-order valence-electron chi connectivity index (χ4n) is 0.816. The molecule has 0 saturated carbocycles. The minimum Gasteiger partial charge on any atom is -0.492 e. The lowest BCUT2D eigenvalue weighted by molar-refractivity contribution is 0.336. The summed E-state index contributed by atoms with van der Waals surface area (Å²) in [6.45, 7) is 2.26. The molecule has 0 saturated heterocycles. The first-order valence-corrected chi connectivity index (χ1v) is 4.65. The van der Waals surface area contributed by atoms with E-state index in [2.05, 4.69) is 15.9 Å². The number of hydrogen-bond acceptors (Lipinski definition) is 3. The Bertz CT molecular complexity index is 305. The van der Waals surface area contributed by atoms with Crippen LogP contribution in [0, 0.1) is 6.92 Å². The lowest BCUT2D eigenvalue weighted by Gasteiger charge is -2.02. The lowest BCUT2D eigenvalue weighted by atomic mass is 10.4. The first-order valence-electron chi connectivity index (χ1n) is 3.53. The average Bonchev–Trinajstić information content (AvgIpc) is 1.99. The largest absolute Gasteiger partial charge is 0.492 e. The molecule has 3 nitrogen and oxygen atoms in total. The van der Waals surface area contributed by atoms with Crippen LogP contribution in [-0.4, -0.2) is 11.9 Å². The minimum absolute atomic E-state index is 0.375. The second kappa shape index (κ2) is 4.30. The molecule has 0 aliphatic rings. The van der Waals surface area contributed by atoms with Gasteiger partial charge in [-0.05, 0) is 6.92 Å². The number of halogens is 1. The molecule has 4 heteroatoms. The van der Waals surface area contributed by atoms with E-state index in [9.17, 15) is 4.79 Å². The van der Waals surface area contributed by atoms with Gasteiger partial charge in [-0.1, -0.05) is 15.9 Å². The maximum atomic E-state index is 10.8. The average molecular weight is 233 g/mol. The van der Waals surface area contributed by atoms with Crippen molar-refractivity contribution in [3.8, 4) is 5.75 Å². The summed E-state index contributed by atoms with van der Waals surface area (Å²) < 4.78 is 9.96. The highest BCUT2D eigenvalue weighted by Gasteiger charge is 1.97. The van der Waals surface area contributed by atoms with E-state index in [-0.39, 0.29) is 5.63 Å². The molecule has 0 unspecified atom stereocenters. The molecule has 1 aromatic rings. The number of rotatable bonds is 3. The number of aryl methyl sites for hydroxylation is 1. The molecular weight excluding hydrogens is 224 g/mol. The van der Waals surface area contributed by atoms with Crippen molar-refractivity contribution in [3.63, 3.8) is 0 Å². The molecule has 0 bridgehead atoms. The molecule has 0 amide bonds. The molecule has 12 heavy (non-hydrogen) atoms. The van der Waals surface area contributed by atoms with Gasteiger partial charge in [0, 0.05) is 11.4 Å². The van der Waals surface area contributed by atoms with Crippen LogP contribution in [0.2, 0.25) is 0 Å². The van der Waals surface area contributed by atoms with Crippen molar-refractivity contribution >= 4 is 15.9 Å². The molecule has 0 aromatic carbocycles. The Balaban J connectivity index is 2.79. The van der Waals surface area contributed by atoms with Gasteiger partial charge in [0.25, 0.3) is 0 Å². The minimum atomic E-state index is -0.375. The highest BCUT2D eigenvalue weighted by Crippen LogP contribution is 2.08. The molecule has 1 rings (SSSR count). The predicted molar refractivity (Wildman–Crippen MR) is 49.0 cm³/mol. The molecule has 1 heterocycles. The molecule has 0 N–H and O–H groups in total. The van der Waals surface area contributed by atoms with Gasteiger partial charge in [-0.2, -0.15) is 0 Å². The van der Waals surface area contributed by atoms with Crippen molar-refractivity contribution in [1.29, 1.82) is 0 Å². The fourth-order valence-corrected chi connectivity index (χ4v) is 0.977. The molecule has 0 atom stereocenters. The molecule has 0 aliphatic heterocycles. The Kier molecular flexibility index (Phi) is 3.34. The van der Waals surface area contributed by atoms with Crippen LogP contribution in [-0.2, 0) is 0 Å². The fraction of sp³-hybridized carbons (Fsp3) is 0.375. The highest BCUT2D eigenvalue weighted by atomic mass is 79.9. The summed E-state index contributed by atoms with van der Waals surface area (Å²) in [6.07, 6.45) is 0. The van der Waals surface area contributed by atoms with Crippen molar-refractivity contribution in [3.05, 3.63) is 28.3 Å². The molecular formula is C8H9BrO3. The van der Waals surface area contributed by atoms with Crippen LogP contribution in [0.4, 0.5) is 0 Å². The molecule has 0 aliphatic carbocycles. The Morgan fingerprint density at radius 3 is 2.92 bits per heavy atom. The van der Waals surface area contributed by atoms with Crippen LogP contribution in [0.3, 0.4) is 0 Å². The van der Waals surface area contributed by atoms with Crippen molar-refractivity contribution < 1.29 is 9.15 Å². The normalized spacial score (nSPS) is 9.83. The predicted octanol–water partition coefficient (Wildman–Crippen LogP) is 1.72. The third-order valence-electron chi connectivity index (χ3n) is 1.21. The zero-order valence-electron chi connectivity index (χ0n) is 6.67. The summed E-state index contributed by atoms with van der Waals surface area (Å²) >= 11 is 3.22. The summed E-state index contributed by atoms with van der Waals surface area (Å²) in [5.41, 5.74) is -0.375. The van der Waals surface area contributed by atoms with Crippen LogP contribution in [0.1, 0.15) is 5.76 Å². The maximum Gasteiger partial charge on any atom is 0.339 e. The van der Waals surface area contributed by atoms with Crippen molar-refractivity contribution in [2.45, 2.75) is 6.92 Å². The van der Waals surface area contributed by atoms with Crippen LogP contribution in [0.15, 0.2) is 21.3 Å². The molecule has 1 aromatic heterocycles. The topological polar surface area (TPSA) is 39.4 Å². The van der Waals surface area contributed by atoms with Gasteiger partial charge >= 0.3 is 5.63 Å². The van der Waals surface area contributed by atoms with Gasteiger partial charge < -0.3 is 9.15 Å². The van der Waals surface area contributed by atoms with E-state index in [4.69, 9.17) is 9.15 Å². The second-order valence-electron chi connectivity index (χ2n) is 2.26. The Morgan fingerprint density at radius 1 is 1.58 bits per heavy atom. The summed E-state index contributed by atoms with van der Waals surface area (Å²) in [5, 5.41) is 0.742. The van der Waals surface area contributed by atoms with E-state index >= 15 is 0 Å². The quantitative estimate of drug-likeness (QED) is 0.746. The van der Waals surface area contributed by atoms with Gasteiger partial charge in [0.2, 0.25) is 0 Å². The van der Waals surface area contributed by atoms with Crippen molar-refractivity contribution in [2.75, 3.05) is 11.9 Å². The molecule has 0 fully saturated rings. The molecule has 0 spiro atoms. The van der Waals surface area contributed by atoms with Crippen LogP contribution in [0.5, 0.6) is 5.75 Å². The van der Waals surface area contributed by atoms with Gasteiger partial charge in [-0.25, -0.2) is 4.79 Å².